The Morgan fingerprint density at radius 3 is 2.18 bits per heavy atom. The molecule has 0 spiro atoms. The summed E-state index contributed by atoms with van der Waals surface area (Å²) in [5.41, 5.74) is 1.82. The van der Waals surface area contributed by atoms with Crippen LogP contribution >= 0.6 is 0 Å². The normalized spacial score (nSPS) is 16.2. The Labute approximate surface area is 161 Å². The van der Waals surface area contributed by atoms with Crippen molar-refractivity contribution in [2.75, 3.05) is 10.2 Å². The zero-order valence-corrected chi connectivity index (χ0v) is 15.1. The van der Waals surface area contributed by atoms with Crippen molar-refractivity contribution in [3.05, 3.63) is 59.7 Å². The number of hydrogen-bond donors (Lipinski definition) is 2. The third kappa shape index (κ3) is 3.78. The molecule has 7 nitrogen and oxygen atoms in total. The van der Waals surface area contributed by atoms with E-state index in [4.69, 9.17) is 0 Å². The summed E-state index contributed by atoms with van der Waals surface area (Å²) in [7, 11) is 0. The molecule has 2 N–H and O–H groups in total. The van der Waals surface area contributed by atoms with E-state index in [0.29, 0.717) is 22.5 Å². The Morgan fingerprint density at radius 2 is 1.54 bits per heavy atom. The molecule has 2 fully saturated rings. The second-order valence-electron chi connectivity index (χ2n) is 6.95. The summed E-state index contributed by atoms with van der Waals surface area (Å²) >= 11 is 0. The van der Waals surface area contributed by atoms with Crippen LogP contribution in [-0.2, 0) is 9.59 Å². The van der Waals surface area contributed by atoms with Crippen LogP contribution in [0.2, 0.25) is 0 Å². The van der Waals surface area contributed by atoms with Gasteiger partial charge in [0, 0.05) is 35.7 Å². The summed E-state index contributed by atoms with van der Waals surface area (Å²) in [4.78, 5) is 49.4. The van der Waals surface area contributed by atoms with E-state index in [1.165, 1.54) is 6.07 Å². The monoisotopic (exact) mass is 377 g/mol. The lowest BCUT2D eigenvalue weighted by atomic mass is 10.1. The molecule has 4 amide bonds. The van der Waals surface area contributed by atoms with Gasteiger partial charge in [0.1, 0.15) is 0 Å². The molecule has 0 atom stereocenters. The number of carbonyl (C=O) groups excluding carboxylic acids is 4. The van der Waals surface area contributed by atoms with Crippen LogP contribution in [0.3, 0.4) is 0 Å². The average Bonchev–Trinajstić information content (AvgIpc) is 3.45. The number of carbonyl (C=O) groups is 4. The van der Waals surface area contributed by atoms with Crippen molar-refractivity contribution >= 4 is 35.0 Å². The zero-order chi connectivity index (χ0) is 19.7. The molecule has 2 aliphatic rings. The maximum Gasteiger partial charge on any atom is 0.255 e. The number of hydrogen-bond acceptors (Lipinski definition) is 4. The molecule has 4 rings (SSSR count). The van der Waals surface area contributed by atoms with E-state index >= 15 is 0 Å². The van der Waals surface area contributed by atoms with E-state index in [1.807, 2.05) is 0 Å². The average molecular weight is 377 g/mol. The summed E-state index contributed by atoms with van der Waals surface area (Å²) in [5.74, 6) is -1.01. The highest BCUT2D eigenvalue weighted by Gasteiger charge is 2.30. The smallest absolute Gasteiger partial charge is 0.255 e. The first-order valence-electron chi connectivity index (χ1n) is 9.19. The maximum absolute atomic E-state index is 12.5. The SMILES string of the molecule is O=C(Nc1ccc(C(=O)NC2CC2)cc1)c1cccc(N2C(=O)CCC2=O)c1. The van der Waals surface area contributed by atoms with E-state index in [0.717, 1.165) is 17.7 Å². The molecular formula is C21H19N3O4. The van der Waals surface area contributed by atoms with Crippen LogP contribution in [-0.4, -0.2) is 29.7 Å². The minimum Gasteiger partial charge on any atom is -0.349 e. The van der Waals surface area contributed by atoms with E-state index < -0.39 is 0 Å². The molecule has 0 aromatic heterocycles. The fourth-order valence-electron chi connectivity index (χ4n) is 3.06. The van der Waals surface area contributed by atoms with E-state index in [-0.39, 0.29) is 42.5 Å². The summed E-state index contributed by atoms with van der Waals surface area (Å²) in [6, 6.07) is 13.3. The van der Waals surface area contributed by atoms with Gasteiger partial charge in [-0.05, 0) is 55.3 Å². The molecule has 2 aromatic carbocycles. The van der Waals surface area contributed by atoms with Gasteiger partial charge in [0.05, 0.1) is 5.69 Å². The molecule has 142 valence electrons. The Hall–Kier alpha value is -3.48. The Morgan fingerprint density at radius 1 is 0.857 bits per heavy atom. The van der Waals surface area contributed by atoms with Gasteiger partial charge < -0.3 is 10.6 Å². The predicted molar refractivity (Wildman–Crippen MR) is 103 cm³/mol. The summed E-state index contributed by atoms with van der Waals surface area (Å²) < 4.78 is 0. The third-order valence-electron chi connectivity index (χ3n) is 4.74. The number of benzene rings is 2. The molecule has 1 aliphatic heterocycles. The lowest BCUT2D eigenvalue weighted by molar-refractivity contribution is -0.121. The van der Waals surface area contributed by atoms with E-state index in [1.54, 1.807) is 42.5 Å². The first-order valence-corrected chi connectivity index (χ1v) is 9.19. The second kappa shape index (κ2) is 7.26. The van der Waals surface area contributed by atoms with Crippen LogP contribution in [0.1, 0.15) is 46.4 Å². The Kier molecular flexibility index (Phi) is 4.65. The molecular weight excluding hydrogens is 358 g/mol. The lowest BCUT2D eigenvalue weighted by Crippen LogP contribution is -2.28. The van der Waals surface area contributed by atoms with Crippen LogP contribution in [0.15, 0.2) is 48.5 Å². The van der Waals surface area contributed by atoms with Gasteiger partial charge in [0.2, 0.25) is 11.8 Å². The van der Waals surface area contributed by atoms with Crippen molar-refractivity contribution in [3.63, 3.8) is 0 Å². The molecule has 1 heterocycles. The highest BCUT2D eigenvalue weighted by Crippen LogP contribution is 2.24. The molecule has 0 unspecified atom stereocenters. The number of amides is 4. The van der Waals surface area contributed by atoms with E-state index in [9.17, 15) is 19.2 Å². The number of nitrogens with zero attached hydrogens (tertiary/aromatic N) is 1. The van der Waals surface area contributed by atoms with Gasteiger partial charge in [-0.1, -0.05) is 6.07 Å². The minimum atomic E-state index is -0.365. The second-order valence-corrected chi connectivity index (χ2v) is 6.95. The van der Waals surface area contributed by atoms with Gasteiger partial charge in [-0.15, -0.1) is 0 Å². The van der Waals surface area contributed by atoms with Crippen molar-refractivity contribution in [3.8, 4) is 0 Å². The molecule has 1 aliphatic carbocycles. The summed E-state index contributed by atoms with van der Waals surface area (Å²) in [6.07, 6.45) is 2.42. The van der Waals surface area contributed by atoms with Gasteiger partial charge in [-0.2, -0.15) is 0 Å². The lowest BCUT2D eigenvalue weighted by Gasteiger charge is -2.15. The predicted octanol–water partition coefficient (Wildman–Crippen LogP) is 2.48. The number of nitrogens with one attached hydrogen (secondary N) is 2. The number of imide groups is 1. The molecule has 28 heavy (non-hydrogen) atoms. The molecule has 2 aromatic rings. The summed E-state index contributed by atoms with van der Waals surface area (Å²) in [6.45, 7) is 0. The van der Waals surface area contributed by atoms with Crippen molar-refractivity contribution in [2.45, 2.75) is 31.7 Å². The van der Waals surface area contributed by atoms with Gasteiger partial charge >= 0.3 is 0 Å². The van der Waals surface area contributed by atoms with E-state index in [2.05, 4.69) is 10.6 Å². The minimum absolute atomic E-state index is 0.118. The maximum atomic E-state index is 12.5. The van der Waals surface area contributed by atoms with Crippen molar-refractivity contribution < 1.29 is 19.2 Å². The van der Waals surface area contributed by atoms with Gasteiger partial charge in [-0.3, -0.25) is 24.1 Å². The fraction of sp³-hybridized carbons (Fsp3) is 0.238. The van der Waals surface area contributed by atoms with Crippen molar-refractivity contribution in [1.82, 2.24) is 5.32 Å². The Bertz CT molecular complexity index is 948. The Balaban J connectivity index is 1.45. The van der Waals surface area contributed by atoms with Crippen LogP contribution in [0.4, 0.5) is 11.4 Å². The molecule has 0 radical (unpaired) electrons. The first kappa shape index (κ1) is 17.9. The molecule has 7 heteroatoms. The van der Waals surface area contributed by atoms with Crippen LogP contribution in [0, 0.1) is 0 Å². The topological polar surface area (TPSA) is 95.6 Å². The quantitative estimate of drug-likeness (QED) is 0.783. The van der Waals surface area contributed by atoms with Crippen LogP contribution in [0.25, 0.3) is 0 Å². The zero-order valence-electron chi connectivity index (χ0n) is 15.1. The highest BCUT2D eigenvalue weighted by molar-refractivity contribution is 6.20. The van der Waals surface area contributed by atoms with Gasteiger partial charge in [0.15, 0.2) is 0 Å². The number of rotatable bonds is 5. The third-order valence-corrected chi connectivity index (χ3v) is 4.74. The molecule has 1 saturated heterocycles. The van der Waals surface area contributed by atoms with Crippen LogP contribution < -0.4 is 15.5 Å². The van der Waals surface area contributed by atoms with Gasteiger partial charge in [0.25, 0.3) is 11.8 Å². The molecule has 1 saturated carbocycles. The van der Waals surface area contributed by atoms with Crippen molar-refractivity contribution in [2.24, 2.45) is 0 Å². The van der Waals surface area contributed by atoms with Crippen molar-refractivity contribution in [1.29, 1.82) is 0 Å². The molecule has 0 bridgehead atoms. The summed E-state index contributed by atoms with van der Waals surface area (Å²) in [5, 5.41) is 5.67. The number of anilines is 2. The fourth-order valence-corrected chi connectivity index (χ4v) is 3.06. The first-order chi connectivity index (χ1) is 13.5. The van der Waals surface area contributed by atoms with Gasteiger partial charge in [-0.25, -0.2) is 0 Å². The van der Waals surface area contributed by atoms with Crippen LogP contribution in [0.5, 0.6) is 0 Å². The largest absolute Gasteiger partial charge is 0.349 e. The highest BCUT2D eigenvalue weighted by atomic mass is 16.2. The standard InChI is InChI=1S/C21H19N3O4/c25-18-10-11-19(26)24(18)17-3-1-2-14(12-17)21(28)23-15-6-4-13(5-7-15)20(27)22-16-8-9-16/h1-7,12,16H,8-11H2,(H,22,27)(H,23,28).